The zero-order valence-electron chi connectivity index (χ0n) is 32.3. The highest BCUT2D eigenvalue weighted by Crippen LogP contribution is 2.76. The van der Waals surface area contributed by atoms with E-state index in [2.05, 4.69) is 32.8 Å². The van der Waals surface area contributed by atoms with E-state index in [4.69, 9.17) is 18.3 Å². The number of fused-ring (bicyclic) bond motifs is 7. The lowest BCUT2D eigenvalue weighted by Crippen LogP contribution is -2.67. The predicted octanol–water partition coefficient (Wildman–Crippen LogP) is 7.24. The van der Waals surface area contributed by atoms with E-state index in [0.717, 1.165) is 24.8 Å². The molecular formula is C41H54N2O10. The molecule has 0 spiro atoms. The van der Waals surface area contributed by atoms with Crippen LogP contribution < -0.4 is 5.82 Å². The first kappa shape index (κ1) is 37.4. The minimum atomic E-state index is -1.20. The molecule has 5 aliphatic carbocycles. The Labute approximate surface area is 310 Å². The molecule has 53 heavy (non-hydrogen) atoms. The van der Waals surface area contributed by atoms with E-state index in [1.807, 2.05) is 19.9 Å². The van der Waals surface area contributed by atoms with Gasteiger partial charge in [-0.1, -0.05) is 33.3 Å². The molecule has 0 unspecified atom stereocenters. The first-order chi connectivity index (χ1) is 24.8. The van der Waals surface area contributed by atoms with Gasteiger partial charge in [0.1, 0.15) is 0 Å². The predicted molar refractivity (Wildman–Crippen MR) is 190 cm³/mol. The first-order valence-electron chi connectivity index (χ1n) is 19.2. The molecule has 0 aromatic carbocycles. The second-order valence-corrected chi connectivity index (χ2v) is 18.3. The number of carbonyl (C=O) groups is 4. The van der Waals surface area contributed by atoms with Gasteiger partial charge in [0, 0.05) is 12.1 Å². The Morgan fingerprint density at radius 3 is 2.34 bits per heavy atom. The molecule has 10 atom stereocenters. The van der Waals surface area contributed by atoms with Gasteiger partial charge in [0.25, 0.3) is 0 Å². The maximum Gasteiger partial charge on any atom is 0.519 e. The van der Waals surface area contributed by atoms with Crippen LogP contribution in [-0.2, 0) is 30.5 Å². The highest BCUT2D eigenvalue weighted by Gasteiger charge is 2.72. The third kappa shape index (κ3) is 5.27. The summed E-state index contributed by atoms with van der Waals surface area (Å²) in [6, 6.07) is -0.509. The van der Waals surface area contributed by atoms with Crippen molar-refractivity contribution < 1.29 is 42.6 Å². The van der Waals surface area contributed by atoms with Gasteiger partial charge in [-0.3, -0.25) is 19.1 Å². The van der Waals surface area contributed by atoms with Crippen molar-refractivity contribution in [3.05, 3.63) is 51.7 Å². The summed E-state index contributed by atoms with van der Waals surface area (Å²) in [7, 11) is 0. The summed E-state index contributed by atoms with van der Waals surface area (Å²) < 4.78 is 23.1. The molecule has 4 saturated carbocycles. The fourth-order valence-corrected chi connectivity index (χ4v) is 12.4. The standard InChI is InChI=1S/C41H54N2O10/c1-9-50-32(45)24-20-42-43(21-24)30-11-12-38(5)29(41(30,8)34(48)51-22-28-23(2)52-35(49)53-28)10-13-40(7)31(38)27(44)18-25-26-19-37(4,33(46)47)15-14-36(26,3)16-17-39(25,40)6/h18,20-21,26,29-31H,9-17,19,22H2,1-8H3,(H,46,47)/t26-,29+,30-,31+,36+,37-,38-,39+,40+,41-/m0/s1. The molecule has 0 saturated heterocycles. The van der Waals surface area contributed by atoms with Gasteiger partial charge < -0.3 is 23.4 Å². The molecule has 12 heteroatoms. The summed E-state index contributed by atoms with van der Waals surface area (Å²) in [6.07, 6.45) is 11.3. The summed E-state index contributed by atoms with van der Waals surface area (Å²) >= 11 is 0. The van der Waals surface area contributed by atoms with Gasteiger partial charge in [0.15, 0.2) is 23.9 Å². The van der Waals surface area contributed by atoms with Crippen LogP contribution in [-0.4, -0.2) is 45.2 Å². The van der Waals surface area contributed by atoms with Gasteiger partial charge in [-0.15, -0.1) is 0 Å². The molecule has 4 fully saturated rings. The normalized spacial score (nSPS) is 40.5. The van der Waals surface area contributed by atoms with Crippen LogP contribution in [0.5, 0.6) is 0 Å². The maximum atomic E-state index is 15.0. The number of aryl methyl sites for hydroxylation is 1. The van der Waals surface area contributed by atoms with Crippen molar-refractivity contribution in [2.45, 2.75) is 126 Å². The first-order valence-corrected chi connectivity index (χ1v) is 19.2. The Bertz CT molecular complexity index is 1960. The van der Waals surface area contributed by atoms with E-state index >= 15 is 0 Å². The summed E-state index contributed by atoms with van der Waals surface area (Å²) in [6.45, 7) is 16.0. The monoisotopic (exact) mass is 734 g/mol. The molecule has 0 amide bonds. The lowest BCUT2D eigenvalue weighted by molar-refractivity contribution is -0.209. The summed E-state index contributed by atoms with van der Waals surface area (Å²) in [5, 5.41) is 14.9. The third-order valence-corrected chi connectivity index (χ3v) is 15.8. The van der Waals surface area contributed by atoms with E-state index in [1.165, 1.54) is 6.20 Å². The van der Waals surface area contributed by atoms with Crippen molar-refractivity contribution in [2.75, 3.05) is 6.61 Å². The maximum absolute atomic E-state index is 15.0. The van der Waals surface area contributed by atoms with Crippen LogP contribution in [0.4, 0.5) is 0 Å². The molecular weight excluding hydrogens is 680 g/mol. The molecule has 12 nitrogen and oxygen atoms in total. The van der Waals surface area contributed by atoms with Crippen LogP contribution in [0.2, 0.25) is 0 Å². The van der Waals surface area contributed by atoms with E-state index in [-0.39, 0.29) is 58.7 Å². The summed E-state index contributed by atoms with van der Waals surface area (Å²) in [4.78, 5) is 66.6. The minimum absolute atomic E-state index is 0.000766. The van der Waals surface area contributed by atoms with Crippen molar-refractivity contribution in [1.82, 2.24) is 9.78 Å². The molecule has 0 radical (unpaired) electrons. The molecule has 2 aromatic heterocycles. The van der Waals surface area contributed by atoms with Crippen molar-refractivity contribution in [3.8, 4) is 0 Å². The molecule has 5 aliphatic rings. The Morgan fingerprint density at radius 2 is 1.68 bits per heavy atom. The van der Waals surface area contributed by atoms with Gasteiger partial charge >= 0.3 is 23.7 Å². The number of allylic oxidation sites excluding steroid dienone is 2. The number of hydrogen-bond acceptors (Lipinski definition) is 10. The number of aromatic nitrogens is 2. The van der Waals surface area contributed by atoms with Crippen LogP contribution >= 0.6 is 0 Å². The smallest absolute Gasteiger partial charge is 0.481 e. The van der Waals surface area contributed by atoms with Gasteiger partial charge in [-0.25, -0.2) is 9.59 Å². The summed E-state index contributed by atoms with van der Waals surface area (Å²) in [5.74, 6) is -2.95. The van der Waals surface area contributed by atoms with Crippen LogP contribution in [0.1, 0.15) is 134 Å². The number of ketones is 1. The number of nitrogens with zero attached hydrogens (tertiary/aromatic N) is 2. The second-order valence-electron chi connectivity index (χ2n) is 18.3. The SMILES string of the molecule is CCOC(=O)c1cnn([C@H]2CC[C@@]3(C)[C@@H](CC[C@]4(C)[C@@H]3C(=O)C=C3[C@@H]5C[C@@](C)(C(=O)O)CC[C@]5(C)CC[C@]34C)[C@]2(C)C(=O)OCc2oc(=O)oc2C)c1. The fraction of sp³-hybridized carbons (Fsp3) is 0.707. The van der Waals surface area contributed by atoms with E-state index in [0.29, 0.717) is 38.5 Å². The minimum Gasteiger partial charge on any atom is -0.481 e. The van der Waals surface area contributed by atoms with Crippen molar-refractivity contribution in [1.29, 1.82) is 0 Å². The highest BCUT2D eigenvalue weighted by atomic mass is 16.6. The highest BCUT2D eigenvalue weighted by molar-refractivity contribution is 5.96. The molecule has 1 N–H and O–H groups in total. The Balaban J connectivity index is 1.29. The zero-order valence-corrected chi connectivity index (χ0v) is 32.3. The Kier molecular flexibility index (Phi) is 8.66. The second kappa shape index (κ2) is 12.3. The van der Waals surface area contributed by atoms with Gasteiger partial charge in [-0.05, 0) is 125 Å². The average molecular weight is 735 g/mol. The van der Waals surface area contributed by atoms with Crippen LogP contribution in [0.15, 0.2) is 37.7 Å². The van der Waals surface area contributed by atoms with Crippen molar-refractivity contribution in [2.24, 2.45) is 50.2 Å². The number of ether oxygens (including phenoxy) is 2. The fourth-order valence-electron chi connectivity index (χ4n) is 12.4. The quantitative estimate of drug-likeness (QED) is 0.285. The number of hydrogen-bond donors (Lipinski definition) is 1. The number of carboxylic acid groups (broad SMARTS) is 1. The van der Waals surface area contributed by atoms with Crippen LogP contribution in [0, 0.1) is 57.2 Å². The molecule has 0 bridgehead atoms. The topological polar surface area (TPSA) is 168 Å². The lowest BCUT2D eigenvalue weighted by Gasteiger charge is -2.70. The van der Waals surface area contributed by atoms with Crippen LogP contribution in [0.3, 0.4) is 0 Å². The number of aliphatic carboxylic acids is 1. The van der Waals surface area contributed by atoms with Crippen LogP contribution in [0.25, 0.3) is 0 Å². The van der Waals surface area contributed by atoms with Gasteiger partial charge in [0.05, 0.1) is 35.2 Å². The van der Waals surface area contributed by atoms with Crippen molar-refractivity contribution in [3.63, 3.8) is 0 Å². The lowest BCUT2D eigenvalue weighted by atomic mass is 9.33. The van der Waals surface area contributed by atoms with Gasteiger partial charge in [0.2, 0.25) is 0 Å². The molecule has 7 rings (SSSR count). The summed E-state index contributed by atoms with van der Waals surface area (Å²) in [5.41, 5.74) is -2.08. The van der Waals surface area contributed by atoms with Crippen molar-refractivity contribution >= 4 is 23.7 Å². The Hall–Kier alpha value is -3.96. The number of carboxylic acids is 1. The number of rotatable bonds is 7. The number of esters is 2. The molecule has 2 heterocycles. The molecule has 0 aliphatic heterocycles. The zero-order chi connectivity index (χ0) is 38.5. The third-order valence-electron chi connectivity index (χ3n) is 15.8. The molecule has 288 valence electrons. The van der Waals surface area contributed by atoms with E-state index < -0.39 is 57.4 Å². The Morgan fingerprint density at radius 1 is 0.962 bits per heavy atom. The van der Waals surface area contributed by atoms with E-state index in [1.54, 1.807) is 24.7 Å². The largest absolute Gasteiger partial charge is 0.519 e. The number of carbonyl (C=O) groups excluding carboxylic acids is 3. The van der Waals surface area contributed by atoms with Gasteiger partial charge in [-0.2, -0.15) is 5.10 Å². The average Bonchev–Trinajstić information content (AvgIpc) is 3.71. The molecule has 2 aromatic rings. The van der Waals surface area contributed by atoms with E-state index in [9.17, 15) is 29.1 Å².